The van der Waals surface area contributed by atoms with Gasteiger partial charge in [0.1, 0.15) is 5.76 Å². The zero-order chi connectivity index (χ0) is 16.6. The zero-order valence-corrected chi connectivity index (χ0v) is 13.9. The lowest BCUT2D eigenvalue weighted by molar-refractivity contribution is 0.237. The molecular weight excluding hydrogens is 302 g/mol. The first-order chi connectivity index (χ1) is 11.8. The number of nitrogens with one attached hydrogen (secondary N) is 2. The molecule has 0 aliphatic carbocycles. The Kier molecular flexibility index (Phi) is 5.90. The van der Waals surface area contributed by atoms with Crippen molar-refractivity contribution in [1.29, 1.82) is 0 Å². The summed E-state index contributed by atoms with van der Waals surface area (Å²) in [6.07, 6.45) is 3.84. The fraction of sp³-hybridized carbons (Fsp3) is 0.421. The van der Waals surface area contributed by atoms with Crippen LogP contribution in [0, 0.1) is 5.92 Å². The Morgan fingerprint density at radius 2 is 2.04 bits per heavy atom. The number of benzene rings is 1. The van der Waals surface area contributed by atoms with Crippen LogP contribution in [0.3, 0.4) is 0 Å². The third-order valence-corrected chi connectivity index (χ3v) is 4.48. The summed E-state index contributed by atoms with van der Waals surface area (Å²) in [6.45, 7) is 4.42. The molecule has 1 aromatic heterocycles. The molecule has 1 aromatic carbocycles. The standard InChI is InChI=1S/C19H25N3O2/c23-19(21-14-18-7-4-12-24-18)20-13-17-9-11-22(15-17)10-8-16-5-2-1-3-6-16/h1-7,12,17H,8-11,13-15H2,(H2,20,21,23). The molecule has 1 atom stereocenters. The molecule has 3 rings (SSSR count). The van der Waals surface area contributed by atoms with Crippen LogP contribution >= 0.6 is 0 Å². The summed E-state index contributed by atoms with van der Waals surface area (Å²) >= 11 is 0. The van der Waals surface area contributed by atoms with Gasteiger partial charge >= 0.3 is 6.03 Å². The Morgan fingerprint density at radius 1 is 1.17 bits per heavy atom. The highest BCUT2D eigenvalue weighted by atomic mass is 16.3. The maximum atomic E-state index is 11.8. The normalized spacial score (nSPS) is 17.8. The molecular formula is C19H25N3O2. The molecule has 5 nitrogen and oxygen atoms in total. The third kappa shape index (κ3) is 5.13. The smallest absolute Gasteiger partial charge is 0.315 e. The Hall–Kier alpha value is -2.27. The Balaban J connectivity index is 1.30. The van der Waals surface area contributed by atoms with Crippen LogP contribution in [0.4, 0.5) is 4.79 Å². The van der Waals surface area contributed by atoms with Crippen LogP contribution < -0.4 is 10.6 Å². The molecule has 128 valence electrons. The van der Waals surface area contributed by atoms with Crippen molar-refractivity contribution in [1.82, 2.24) is 15.5 Å². The summed E-state index contributed by atoms with van der Waals surface area (Å²) < 4.78 is 5.19. The van der Waals surface area contributed by atoms with Gasteiger partial charge in [0, 0.05) is 19.6 Å². The van der Waals surface area contributed by atoms with E-state index in [1.807, 2.05) is 12.1 Å². The van der Waals surface area contributed by atoms with Gasteiger partial charge in [-0.05, 0) is 43.0 Å². The topological polar surface area (TPSA) is 57.5 Å². The third-order valence-electron chi connectivity index (χ3n) is 4.48. The minimum absolute atomic E-state index is 0.130. The molecule has 1 aliphatic heterocycles. The molecule has 5 heteroatoms. The first-order valence-electron chi connectivity index (χ1n) is 8.60. The molecule has 1 unspecified atom stereocenters. The van der Waals surface area contributed by atoms with Gasteiger partial charge in [-0.25, -0.2) is 4.79 Å². The molecule has 1 saturated heterocycles. The summed E-state index contributed by atoms with van der Waals surface area (Å²) in [5.41, 5.74) is 1.39. The molecule has 0 bridgehead atoms. The number of carbonyl (C=O) groups excluding carboxylic acids is 1. The summed E-state index contributed by atoms with van der Waals surface area (Å²) in [5.74, 6) is 1.30. The molecule has 1 aliphatic rings. The van der Waals surface area contributed by atoms with Crippen molar-refractivity contribution >= 4 is 6.03 Å². The highest BCUT2D eigenvalue weighted by Gasteiger charge is 2.22. The van der Waals surface area contributed by atoms with Crippen molar-refractivity contribution in [2.75, 3.05) is 26.2 Å². The lowest BCUT2D eigenvalue weighted by Gasteiger charge is -2.16. The Bertz CT molecular complexity index is 613. The van der Waals surface area contributed by atoms with Crippen LogP contribution in [0.5, 0.6) is 0 Å². The maximum absolute atomic E-state index is 11.8. The summed E-state index contributed by atoms with van der Waals surface area (Å²) in [5, 5.41) is 5.77. The molecule has 0 spiro atoms. The van der Waals surface area contributed by atoms with Crippen molar-refractivity contribution in [3.8, 4) is 0 Å². The van der Waals surface area contributed by atoms with E-state index in [0.29, 0.717) is 12.5 Å². The van der Waals surface area contributed by atoms with Crippen molar-refractivity contribution in [3.63, 3.8) is 0 Å². The van der Waals surface area contributed by atoms with Gasteiger partial charge in [-0.1, -0.05) is 30.3 Å². The van der Waals surface area contributed by atoms with Crippen molar-refractivity contribution in [2.45, 2.75) is 19.4 Å². The van der Waals surface area contributed by atoms with Gasteiger partial charge in [-0.15, -0.1) is 0 Å². The van der Waals surface area contributed by atoms with Gasteiger partial charge in [0.2, 0.25) is 0 Å². The van der Waals surface area contributed by atoms with Gasteiger partial charge < -0.3 is 20.0 Å². The molecule has 2 amide bonds. The minimum atomic E-state index is -0.130. The maximum Gasteiger partial charge on any atom is 0.315 e. The van der Waals surface area contributed by atoms with E-state index in [-0.39, 0.29) is 6.03 Å². The molecule has 2 heterocycles. The minimum Gasteiger partial charge on any atom is -0.467 e. The quantitative estimate of drug-likeness (QED) is 0.822. The number of rotatable bonds is 7. The fourth-order valence-electron chi connectivity index (χ4n) is 3.09. The van der Waals surface area contributed by atoms with E-state index in [2.05, 4.69) is 45.9 Å². The van der Waals surface area contributed by atoms with Crippen LogP contribution in [0.15, 0.2) is 53.1 Å². The van der Waals surface area contributed by atoms with E-state index in [4.69, 9.17) is 4.42 Å². The second kappa shape index (κ2) is 8.55. The number of nitrogens with zero attached hydrogens (tertiary/aromatic N) is 1. The van der Waals surface area contributed by atoms with Gasteiger partial charge in [0.05, 0.1) is 12.8 Å². The average molecular weight is 327 g/mol. The second-order valence-electron chi connectivity index (χ2n) is 6.33. The second-order valence-corrected chi connectivity index (χ2v) is 6.33. The first kappa shape index (κ1) is 16.6. The van der Waals surface area contributed by atoms with Gasteiger partial charge in [0.15, 0.2) is 0 Å². The van der Waals surface area contributed by atoms with E-state index in [1.54, 1.807) is 6.26 Å². The molecule has 0 saturated carbocycles. The molecule has 2 aromatic rings. The van der Waals surface area contributed by atoms with Crippen LogP contribution in [-0.4, -0.2) is 37.1 Å². The number of carbonyl (C=O) groups is 1. The van der Waals surface area contributed by atoms with Crippen LogP contribution in [-0.2, 0) is 13.0 Å². The number of furan rings is 1. The van der Waals surface area contributed by atoms with E-state index in [1.165, 1.54) is 5.56 Å². The highest BCUT2D eigenvalue weighted by molar-refractivity contribution is 5.73. The summed E-state index contributed by atoms with van der Waals surface area (Å²) in [7, 11) is 0. The largest absolute Gasteiger partial charge is 0.467 e. The van der Waals surface area contributed by atoms with Crippen molar-refractivity contribution in [2.24, 2.45) is 5.92 Å². The van der Waals surface area contributed by atoms with Gasteiger partial charge in [-0.3, -0.25) is 0 Å². The van der Waals surface area contributed by atoms with Gasteiger partial charge in [0.25, 0.3) is 0 Å². The first-order valence-corrected chi connectivity index (χ1v) is 8.60. The van der Waals surface area contributed by atoms with Crippen LogP contribution in [0.2, 0.25) is 0 Å². The lowest BCUT2D eigenvalue weighted by Crippen LogP contribution is -2.38. The average Bonchev–Trinajstić information content (AvgIpc) is 3.29. The van der Waals surface area contributed by atoms with E-state index in [0.717, 1.165) is 44.8 Å². The van der Waals surface area contributed by atoms with Crippen molar-refractivity contribution < 1.29 is 9.21 Å². The SMILES string of the molecule is O=C(NCc1ccco1)NCC1CCN(CCc2ccccc2)C1. The number of urea groups is 1. The zero-order valence-electron chi connectivity index (χ0n) is 13.9. The Morgan fingerprint density at radius 3 is 2.83 bits per heavy atom. The molecule has 1 fully saturated rings. The molecule has 0 radical (unpaired) electrons. The summed E-state index contributed by atoms with van der Waals surface area (Å²) in [6, 6.07) is 14.1. The predicted octanol–water partition coefficient (Wildman–Crippen LogP) is 2.64. The number of amides is 2. The number of hydrogen-bond acceptors (Lipinski definition) is 3. The predicted molar refractivity (Wildman–Crippen MR) is 93.6 cm³/mol. The molecule has 24 heavy (non-hydrogen) atoms. The van der Waals surface area contributed by atoms with Crippen molar-refractivity contribution in [3.05, 3.63) is 60.1 Å². The van der Waals surface area contributed by atoms with Gasteiger partial charge in [-0.2, -0.15) is 0 Å². The lowest BCUT2D eigenvalue weighted by atomic mass is 10.1. The molecule has 2 N–H and O–H groups in total. The number of hydrogen-bond donors (Lipinski definition) is 2. The van der Waals surface area contributed by atoms with E-state index in [9.17, 15) is 4.79 Å². The van der Waals surface area contributed by atoms with Crippen LogP contribution in [0.1, 0.15) is 17.7 Å². The highest BCUT2D eigenvalue weighted by Crippen LogP contribution is 2.16. The summed E-state index contributed by atoms with van der Waals surface area (Å²) in [4.78, 5) is 14.3. The van der Waals surface area contributed by atoms with E-state index >= 15 is 0 Å². The fourth-order valence-corrected chi connectivity index (χ4v) is 3.09. The monoisotopic (exact) mass is 327 g/mol. The van der Waals surface area contributed by atoms with E-state index < -0.39 is 0 Å². The van der Waals surface area contributed by atoms with Crippen LogP contribution in [0.25, 0.3) is 0 Å². The Labute approximate surface area is 143 Å². The number of likely N-dealkylation sites (tertiary alicyclic amines) is 1.